The molecule has 0 unspecified atom stereocenters. The fourth-order valence-corrected chi connectivity index (χ4v) is 4.20. The van der Waals surface area contributed by atoms with E-state index < -0.39 is 29.8 Å². The number of hydrogen-bond donors (Lipinski definition) is 5. The van der Waals surface area contributed by atoms with E-state index in [2.05, 4.69) is 20.1 Å². The lowest BCUT2D eigenvalue weighted by Crippen LogP contribution is -2.39. The van der Waals surface area contributed by atoms with Gasteiger partial charge in [0.2, 0.25) is 5.49 Å². The van der Waals surface area contributed by atoms with E-state index in [0.29, 0.717) is 28.2 Å². The van der Waals surface area contributed by atoms with Crippen molar-refractivity contribution in [2.75, 3.05) is 0 Å². The van der Waals surface area contributed by atoms with E-state index in [1.807, 2.05) is 0 Å². The van der Waals surface area contributed by atoms with Crippen LogP contribution < -0.4 is 11.3 Å². The Morgan fingerprint density at radius 1 is 1.25 bits per heavy atom. The summed E-state index contributed by atoms with van der Waals surface area (Å²) in [5, 5.41) is 36.8. The number of hydrogen-bond acceptors (Lipinski definition) is 7. The quantitative estimate of drug-likeness (QED) is 0.315. The minimum absolute atomic E-state index is 0.269. The second-order valence-corrected chi connectivity index (χ2v) is 7.69. The van der Waals surface area contributed by atoms with E-state index in [-0.39, 0.29) is 5.49 Å². The van der Waals surface area contributed by atoms with Crippen molar-refractivity contribution in [2.45, 2.75) is 37.2 Å². The molecule has 1 aromatic carbocycles. The predicted octanol–water partition coefficient (Wildman–Crippen LogP) is 0.378. The van der Waals surface area contributed by atoms with Crippen molar-refractivity contribution in [3.63, 3.8) is 0 Å². The number of halogens is 1. The molecule has 1 aliphatic carbocycles. The molecular formula is C18H21ClN6O3. The first-order valence-electron chi connectivity index (χ1n) is 8.83. The van der Waals surface area contributed by atoms with Crippen LogP contribution in [0.15, 0.2) is 42.0 Å². The summed E-state index contributed by atoms with van der Waals surface area (Å²) in [6.07, 6.45) is 1.08. The van der Waals surface area contributed by atoms with Gasteiger partial charge in [0.1, 0.15) is 11.8 Å². The third-order valence-corrected chi connectivity index (χ3v) is 5.93. The van der Waals surface area contributed by atoms with Gasteiger partial charge in [0, 0.05) is 10.9 Å². The normalized spacial score (nSPS) is 28.0. The summed E-state index contributed by atoms with van der Waals surface area (Å²) in [5.41, 5.74) is 0.551. The van der Waals surface area contributed by atoms with Gasteiger partial charge in [-0.25, -0.2) is 9.97 Å². The van der Waals surface area contributed by atoms with Gasteiger partial charge in [-0.3, -0.25) is 0 Å². The smallest absolute Gasteiger partial charge is 0.202 e. The van der Waals surface area contributed by atoms with Crippen LogP contribution in [-0.2, 0) is 5.60 Å². The van der Waals surface area contributed by atoms with E-state index in [1.165, 1.54) is 12.7 Å². The van der Waals surface area contributed by atoms with Crippen LogP contribution in [0.5, 0.6) is 0 Å². The number of aliphatic hydroxyl groups is 3. The lowest BCUT2D eigenvalue weighted by molar-refractivity contribution is -0.0752. The van der Waals surface area contributed by atoms with Crippen LogP contribution in [-0.4, -0.2) is 47.0 Å². The first-order chi connectivity index (χ1) is 13.3. The SMILES string of the molecule is C[C@@](O)(c1ccc(Cl)cc1)[C@H]1C[C@@H](n2cnc3/c(=N\N)nc[nH]c32)[C@H](O)[C@@H]1O. The number of nitrogens with two attached hydrogens (primary N) is 1. The molecule has 1 fully saturated rings. The van der Waals surface area contributed by atoms with Crippen LogP contribution in [0.2, 0.25) is 5.02 Å². The highest BCUT2D eigenvalue weighted by Gasteiger charge is 2.50. The Balaban J connectivity index is 1.72. The minimum atomic E-state index is -1.36. The summed E-state index contributed by atoms with van der Waals surface area (Å²) in [7, 11) is 0. The summed E-state index contributed by atoms with van der Waals surface area (Å²) in [4.78, 5) is 11.3. The summed E-state index contributed by atoms with van der Waals surface area (Å²) >= 11 is 5.94. The molecule has 28 heavy (non-hydrogen) atoms. The molecule has 148 valence electrons. The zero-order valence-electron chi connectivity index (χ0n) is 15.1. The Morgan fingerprint density at radius 3 is 2.64 bits per heavy atom. The fourth-order valence-electron chi connectivity index (χ4n) is 4.08. The second-order valence-electron chi connectivity index (χ2n) is 7.25. The molecule has 0 radical (unpaired) electrons. The number of aromatic nitrogens is 4. The highest BCUT2D eigenvalue weighted by molar-refractivity contribution is 6.30. The second kappa shape index (κ2) is 6.85. The molecule has 0 bridgehead atoms. The molecular weight excluding hydrogens is 384 g/mol. The number of aromatic amines is 1. The molecule has 2 aromatic heterocycles. The maximum absolute atomic E-state index is 11.2. The molecule has 4 rings (SSSR count). The van der Waals surface area contributed by atoms with Crippen LogP contribution >= 0.6 is 11.6 Å². The van der Waals surface area contributed by atoms with Gasteiger partial charge in [-0.2, -0.15) is 5.10 Å². The van der Waals surface area contributed by atoms with Crippen molar-refractivity contribution in [2.24, 2.45) is 16.9 Å². The van der Waals surface area contributed by atoms with Crippen molar-refractivity contribution in [1.29, 1.82) is 0 Å². The van der Waals surface area contributed by atoms with Crippen LogP contribution in [0.4, 0.5) is 0 Å². The maximum Gasteiger partial charge on any atom is 0.202 e. The maximum atomic E-state index is 11.2. The molecule has 10 heteroatoms. The number of nitrogens with one attached hydrogen (secondary N) is 1. The van der Waals surface area contributed by atoms with Crippen LogP contribution in [0.1, 0.15) is 24.9 Å². The van der Waals surface area contributed by atoms with Crippen molar-refractivity contribution in [3.05, 3.63) is 53.0 Å². The van der Waals surface area contributed by atoms with Gasteiger partial charge in [0.05, 0.1) is 30.4 Å². The number of aliphatic hydroxyl groups excluding tert-OH is 2. The lowest BCUT2D eigenvalue weighted by Gasteiger charge is -2.33. The molecule has 2 heterocycles. The van der Waals surface area contributed by atoms with Crippen LogP contribution in [0.25, 0.3) is 11.2 Å². The lowest BCUT2D eigenvalue weighted by atomic mass is 9.80. The van der Waals surface area contributed by atoms with Gasteiger partial charge >= 0.3 is 0 Å². The van der Waals surface area contributed by atoms with E-state index in [9.17, 15) is 15.3 Å². The Bertz CT molecular complexity index is 1060. The van der Waals surface area contributed by atoms with E-state index in [1.54, 1.807) is 35.8 Å². The highest BCUT2D eigenvalue weighted by atomic mass is 35.5. The monoisotopic (exact) mass is 404 g/mol. The van der Waals surface area contributed by atoms with Gasteiger partial charge in [0.25, 0.3) is 0 Å². The molecule has 5 atom stereocenters. The third-order valence-electron chi connectivity index (χ3n) is 5.68. The summed E-state index contributed by atoms with van der Waals surface area (Å²) in [6, 6.07) is 6.30. The fraction of sp³-hybridized carbons (Fsp3) is 0.389. The molecule has 1 aliphatic rings. The molecule has 1 saturated carbocycles. The summed E-state index contributed by atoms with van der Waals surface area (Å²) < 4.78 is 1.72. The standard InChI is InChI=1S/C18H21ClN6O3/c1-18(28,9-2-4-10(19)5-3-9)11-6-12(15(27)14(11)26)25-8-23-13-16(24-20)21-7-22-17(13)25/h2-5,7-8,11-12,14-15,26-28H,6,20H2,1H3,(H,21,22,24)/t11-,12+,14+,15-,18+/m0/s1. The molecule has 3 aromatic rings. The topological polar surface area (TPSA) is 146 Å². The largest absolute Gasteiger partial charge is 0.390 e. The molecule has 0 spiro atoms. The number of fused-ring (bicyclic) bond motifs is 1. The van der Waals surface area contributed by atoms with Crippen molar-refractivity contribution in [1.82, 2.24) is 19.5 Å². The number of rotatable bonds is 3. The Morgan fingerprint density at radius 2 is 1.96 bits per heavy atom. The first-order valence-corrected chi connectivity index (χ1v) is 9.21. The van der Waals surface area contributed by atoms with Crippen molar-refractivity contribution < 1.29 is 15.3 Å². The summed E-state index contributed by atoms with van der Waals surface area (Å²) in [5.74, 6) is 4.74. The van der Waals surface area contributed by atoms with Crippen molar-refractivity contribution in [3.8, 4) is 0 Å². The Hall–Kier alpha value is -2.46. The van der Waals surface area contributed by atoms with Crippen LogP contribution in [0.3, 0.4) is 0 Å². The van der Waals surface area contributed by atoms with Crippen LogP contribution in [0, 0.1) is 5.92 Å². The van der Waals surface area contributed by atoms with Gasteiger partial charge in [0.15, 0.2) is 5.52 Å². The third kappa shape index (κ3) is 2.87. The zero-order chi connectivity index (χ0) is 20.1. The number of nitrogens with zero attached hydrogens (tertiary/aromatic N) is 4. The van der Waals surface area contributed by atoms with Crippen molar-refractivity contribution >= 4 is 22.8 Å². The Labute approximate surface area is 165 Å². The zero-order valence-corrected chi connectivity index (χ0v) is 15.8. The number of benzene rings is 1. The van der Waals surface area contributed by atoms with E-state index in [0.717, 1.165) is 0 Å². The van der Waals surface area contributed by atoms with Gasteiger partial charge in [-0.1, -0.05) is 23.7 Å². The average molecular weight is 405 g/mol. The molecule has 9 nitrogen and oxygen atoms in total. The highest BCUT2D eigenvalue weighted by Crippen LogP contribution is 2.45. The minimum Gasteiger partial charge on any atom is -0.390 e. The first kappa shape index (κ1) is 18.9. The van der Waals surface area contributed by atoms with Gasteiger partial charge < -0.3 is 30.7 Å². The molecule has 0 amide bonds. The molecule has 0 aliphatic heterocycles. The van der Waals surface area contributed by atoms with E-state index >= 15 is 0 Å². The average Bonchev–Trinajstić information content (AvgIpc) is 3.24. The van der Waals surface area contributed by atoms with Gasteiger partial charge in [-0.05, 0) is 31.0 Å². The molecule has 0 saturated heterocycles. The predicted molar refractivity (Wildman–Crippen MR) is 102 cm³/mol. The van der Waals surface area contributed by atoms with Gasteiger partial charge in [-0.15, -0.1) is 0 Å². The summed E-state index contributed by atoms with van der Waals surface area (Å²) in [6.45, 7) is 1.63. The number of imidazole rings is 1. The molecule has 6 N–H and O–H groups in total. The van der Waals surface area contributed by atoms with E-state index in [4.69, 9.17) is 17.4 Å². The number of H-pyrrole nitrogens is 1. The Kier molecular flexibility index (Phi) is 4.62.